The summed E-state index contributed by atoms with van der Waals surface area (Å²) in [6, 6.07) is 4.90. The van der Waals surface area contributed by atoms with Gasteiger partial charge in [0.15, 0.2) is 0 Å². The normalized spacial score (nSPS) is 21.5. The highest BCUT2D eigenvalue weighted by molar-refractivity contribution is 5.58. The molecule has 1 aromatic carbocycles. The third kappa shape index (κ3) is 1.48. The van der Waals surface area contributed by atoms with Crippen molar-refractivity contribution in [1.82, 2.24) is 0 Å². The highest BCUT2D eigenvalue weighted by atomic mass is 19.1. The SMILES string of the molecule is CC(CN)C1CNc2ccc(F)cc21. The number of hydrogen-bond donors (Lipinski definition) is 2. The molecule has 1 heterocycles. The van der Waals surface area contributed by atoms with Crippen LogP contribution in [0.1, 0.15) is 18.4 Å². The van der Waals surface area contributed by atoms with E-state index in [4.69, 9.17) is 5.73 Å². The van der Waals surface area contributed by atoms with E-state index in [9.17, 15) is 4.39 Å². The van der Waals surface area contributed by atoms with Crippen molar-refractivity contribution in [1.29, 1.82) is 0 Å². The predicted octanol–water partition coefficient (Wildman–Crippen LogP) is 1.93. The molecule has 0 aliphatic carbocycles. The van der Waals surface area contributed by atoms with Crippen molar-refractivity contribution in [2.45, 2.75) is 12.8 Å². The van der Waals surface area contributed by atoms with Crippen LogP contribution in [-0.2, 0) is 0 Å². The molecule has 3 N–H and O–H groups in total. The fourth-order valence-electron chi connectivity index (χ4n) is 2.00. The average molecular weight is 194 g/mol. The van der Waals surface area contributed by atoms with Gasteiger partial charge < -0.3 is 11.1 Å². The minimum atomic E-state index is -0.165. The Kier molecular flexibility index (Phi) is 2.42. The van der Waals surface area contributed by atoms with Crippen LogP contribution in [0.4, 0.5) is 10.1 Å². The number of halogens is 1. The average Bonchev–Trinajstić information content (AvgIpc) is 2.59. The Morgan fingerprint density at radius 3 is 3.14 bits per heavy atom. The van der Waals surface area contributed by atoms with Crippen molar-refractivity contribution in [2.75, 3.05) is 18.4 Å². The molecule has 1 aromatic rings. The third-order valence-corrected chi connectivity index (χ3v) is 2.98. The molecule has 0 aromatic heterocycles. The number of nitrogens with one attached hydrogen (secondary N) is 1. The molecule has 2 nitrogen and oxygen atoms in total. The Morgan fingerprint density at radius 2 is 2.43 bits per heavy atom. The van der Waals surface area contributed by atoms with Crippen LogP contribution in [0, 0.1) is 11.7 Å². The number of anilines is 1. The lowest BCUT2D eigenvalue weighted by Crippen LogP contribution is -2.20. The molecule has 14 heavy (non-hydrogen) atoms. The van der Waals surface area contributed by atoms with E-state index in [1.807, 2.05) is 0 Å². The van der Waals surface area contributed by atoms with Crippen LogP contribution in [-0.4, -0.2) is 13.1 Å². The van der Waals surface area contributed by atoms with Gasteiger partial charge in [0.05, 0.1) is 0 Å². The third-order valence-electron chi connectivity index (χ3n) is 2.98. The van der Waals surface area contributed by atoms with Crippen LogP contribution in [0.15, 0.2) is 18.2 Å². The van der Waals surface area contributed by atoms with Gasteiger partial charge in [0.25, 0.3) is 0 Å². The molecule has 1 aliphatic rings. The summed E-state index contributed by atoms with van der Waals surface area (Å²) in [7, 11) is 0. The molecular weight excluding hydrogens is 179 g/mol. The summed E-state index contributed by atoms with van der Waals surface area (Å²) in [4.78, 5) is 0. The molecule has 0 fully saturated rings. The van der Waals surface area contributed by atoms with E-state index < -0.39 is 0 Å². The van der Waals surface area contributed by atoms with Gasteiger partial charge in [-0.1, -0.05) is 6.92 Å². The zero-order chi connectivity index (χ0) is 10.1. The lowest BCUT2D eigenvalue weighted by Gasteiger charge is -2.16. The van der Waals surface area contributed by atoms with E-state index in [1.165, 1.54) is 6.07 Å². The largest absolute Gasteiger partial charge is 0.384 e. The summed E-state index contributed by atoms with van der Waals surface area (Å²) >= 11 is 0. The highest BCUT2D eigenvalue weighted by Gasteiger charge is 2.26. The maximum Gasteiger partial charge on any atom is 0.123 e. The zero-order valence-electron chi connectivity index (χ0n) is 8.26. The molecule has 1 aliphatic heterocycles. The minimum Gasteiger partial charge on any atom is -0.384 e. The minimum absolute atomic E-state index is 0.165. The van der Waals surface area contributed by atoms with Gasteiger partial charge in [0, 0.05) is 18.2 Å². The first kappa shape index (κ1) is 9.46. The molecule has 0 saturated carbocycles. The molecule has 0 amide bonds. The summed E-state index contributed by atoms with van der Waals surface area (Å²) in [5.74, 6) is 0.581. The van der Waals surface area contributed by atoms with Crippen LogP contribution in [0.5, 0.6) is 0 Å². The Bertz CT molecular complexity index is 338. The van der Waals surface area contributed by atoms with Gasteiger partial charge >= 0.3 is 0 Å². The topological polar surface area (TPSA) is 38.0 Å². The number of benzene rings is 1. The van der Waals surface area contributed by atoms with E-state index in [2.05, 4.69) is 12.2 Å². The van der Waals surface area contributed by atoms with Gasteiger partial charge in [0.1, 0.15) is 5.82 Å². The number of hydrogen-bond acceptors (Lipinski definition) is 2. The molecule has 3 heteroatoms. The fraction of sp³-hybridized carbons (Fsp3) is 0.455. The first-order valence-electron chi connectivity index (χ1n) is 4.95. The van der Waals surface area contributed by atoms with Gasteiger partial charge in [-0.2, -0.15) is 0 Å². The molecular formula is C11H15FN2. The van der Waals surface area contributed by atoms with Gasteiger partial charge in [-0.25, -0.2) is 4.39 Å². The molecule has 0 radical (unpaired) electrons. The maximum absolute atomic E-state index is 13.0. The maximum atomic E-state index is 13.0. The number of rotatable bonds is 2. The molecule has 2 unspecified atom stereocenters. The van der Waals surface area contributed by atoms with Crippen LogP contribution >= 0.6 is 0 Å². The van der Waals surface area contributed by atoms with E-state index in [0.29, 0.717) is 18.4 Å². The second kappa shape index (κ2) is 3.58. The molecule has 0 saturated heterocycles. The summed E-state index contributed by atoms with van der Waals surface area (Å²) in [6.07, 6.45) is 0. The van der Waals surface area contributed by atoms with Crippen molar-refractivity contribution in [3.05, 3.63) is 29.6 Å². The monoisotopic (exact) mass is 194 g/mol. The summed E-state index contributed by atoms with van der Waals surface area (Å²) in [5, 5.41) is 3.27. The smallest absolute Gasteiger partial charge is 0.123 e. The molecule has 2 rings (SSSR count). The Balaban J connectivity index is 2.33. The second-order valence-corrected chi connectivity index (χ2v) is 3.93. The van der Waals surface area contributed by atoms with Gasteiger partial charge in [-0.3, -0.25) is 0 Å². The highest BCUT2D eigenvalue weighted by Crippen LogP contribution is 2.36. The summed E-state index contributed by atoms with van der Waals surface area (Å²) in [6.45, 7) is 3.62. The van der Waals surface area contributed by atoms with Crippen LogP contribution in [0.2, 0.25) is 0 Å². The van der Waals surface area contributed by atoms with Crippen LogP contribution < -0.4 is 11.1 Å². The Hall–Kier alpha value is -1.09. The molecule has 76 valence electrons. The van der Waals surface area contributed by atoms with Gasteiger partial charge in [0.2, 0.25) is 0 Å². The lowest BCUT2D eigenvalue weighted by atomic mass is 9.89. The quantitative estimate of drug-likeness (QED) is 0.755. The van der Waals surface area contributed by atoms with Crippen LogP contribution in [0.3, 0.4) is 0 Å². The van der Waals surface area contributed by atoms with Crippen LogP contribution in [0.25, 0.3) is 0 Å². The Morgan fingerprint density at radius 1 is 1.64 bits per heavy atom. The lowest BCUT2D eigenvalue weighted by molar-refractivity contribution is 0.495. The standard InChI is InChI=1S/C11H15FN2/c1-7(5-13)10-6-14-11-3-2-8(12)4-9(10)11/h2-4,7,10,14H,5-6,13H2,1H3. The second-order valence-electron chi connectivity index (χ2n) is 3.93. The van der Waals surface area contributed by atoms with Crippen molar-refractivity contribution in [3.8, 4) is 0 Å². The molecule has 2 atom stereocenters. The number of nitrogens with two attached hydrogens (primary N) is 1. The van der Waals surface area contributed by atoms with Crippen molar-refractivity contribution in [3.63, 3.8) is 0 Å². The van der Waals surface area contributed by atoms with Gasteiger partial charge in [-0.15, -0.1) is 0 Å². The summed E-state index contributed by atoms with van der Waals surface area (Å²) < 4.78 is 13.0. The first-order valence-corrected chi connectivity index (χ1v) is 4.95. The van der Waals surface area contributed by atoms with E-state index in [-0.39, 0.29) is 5.82 Å². The molecule has 0 spiro atoms. The number of fused-ring (bicyclic) bond motifs is 1. The predicted molar refractivity (Wildman–Crippen MR) is 55.8 cm³/mol. The fourth-order valence-corrected chi connectivity index (χ4v) is 2.00. The summed E-state index contributed by atoms with van der Waals surface area (Å²) in [5.41, 5.74) is 7.75. The van der Waals surface area contributed by atoms with Crippen molar-refractivity contribution < 1.29 is 4.39 Å². The van der Waals surface area contributed by atoms with E-state index in [1.54, 1.807) is 12.1 Å². The molecule has 0 bridgehead atoms. The van der Waals surface area contributed by atoms with Gasteiger partial charge in [-0.05, 0) is 36.2 Å². The first-order chi connectivity index (χ1) is 6.72. The van der Waals surface area contributed by atoms with E-state index >= 15 is 0 Å². The van der Waals surface area contributed by atoms with Crippen molar-refractivity contribution in [2.24, 2.45) is 11.7 Å². The van der Waals surface area contributed by atoms with E-state index in [0.717, 1.165) is 17.8 Å². The zero-order valence-corrected chi connectivity index (χ0v) is 8.26. The Labute approximate surface area is 83.3 Å². The van der Waals surface area contributed by atoms with Crippen molar-refractivity contribution >= 4 is 5.69 Å².